The third-order valence-corrected chi connectivity index (χ3v) is 3.65. The van der Waals surface area contributed by atoms with Gasteiger partial charge in [-0.05, 0) is 63.4 Å². The number of rotatable bonds is 1. The van der Waals surface area contributed by atoms with Crippen LogP contribution < -0.4 is 5.43 Å². The van der Waals surface area contributed by atoms with Gasteiger partial charge in [-0.15, -0.1) is 5.10 Å². The number of nitrogens with one attached hydrogen (secondary N) is 1. The highest BCUT2D eigenvalue weighted by Crippen LogP contribution is 2.33. The number of allylic oxidation sites excluding steroid dienone is 1. The van der Waals surface area contributed by atoms with Crippen molar-refractivity contribution in [3.05, 3.63) is 59.3 Å². The normalized spacial score (nSPS) is 16.3. The molecule has 0 spiro atoms. The van der Waals surface area contributed by atoms with Crippen molar-refractivity contribution in [3.8, 4) is 0 Å². The van der Waals surface area contributed by atoms with E-state index in [1.54, 1.807) is 6.20 Å². The fourth-order valence-corrected chi connectivity index (χ4v) is 2.81. The Morgan fingerprint density at radius 1 is 1.11 bits per heavy atom. The van der Waals surface area contributed by atoms with Gasteiger partial charge < -0.3 is 0 Å². The largest absolute Gasteiger partial charge is 0.266 e. The molecule has 2 aromatic carbocycles. The SMILES string of the molecule is [c]1cc2c3c(ccc(C4=NN=NNC=C4)c3c1)CC2. The zero-order valence-electron chi connectivity index (χ0n) is 10.2. The average molecular weight is 247 g/mol. The van der Waals surface area contributed by atoms with Crippen molar-refractivity contribution >= 4 is 16.5 Å². The first-order valence-corrected chi connectivity index (χ1v) is 6.28. The molecule has 0 amide bonds. The van der Waals surface area contributed by atoms with Crippen LogP contribution in [0.25, 0.3) is 10.8 Å². The Kier molecular flexibility index (Phi) is 2.21. The molecule has 0 bridgehead atoms. The molecule has 19 heavy (non-hydrogen) atoms. The summed E-state index contributed by atoms with van der Waals surface area (Å²) >= 11 is 0. The summed E-state index contributed by atoms with van der Waals surface area (Å²) in [5, 5.41) is 14.1. The minimum atomic E-state index is 0.817. The smallest absolute Gasteiger partial charge is 0.0969 e. The first-order chi connectivity index (χ1) is 9.43. The first-order valence-electron chi connectivity index (χ1n) is 6.28. The topological polar surface area (TPSA) is 49.1 Å². The highest BCUT2D eigenvalue weighted by molar-refractivity contribution is 6.17. The number of hydrogen-bond donors (Lipinski definition) is 1. The van der Waals surface area contributed by atoms with E-state index in [4.69, 9.17) is 0 Å². The molecule has 2 aromatic rings. The van der Waals surface area contributed by atoms with Crippen LogP contribution in [0.5, 0.6) is 0 Å². The van der Waals surface area contributed by atoms with Crippen LogP contribution in [0.4, 0.5) is 0 Å². The Morgan fingerprint density at radius 2 is 2.05 bits per heavy atom. The van der Waals surface area contributed by atoms with Crippen molar-refractivity contribution in [1.82, 2.24) is 5.43 Å². The Labute approximate surface area is 110 Å². The number of nitrogens with zero attached hydrogens (tertiary/aromatic N) is 3. The van der Waals surface area contributed by atoms with Gasteiger partial charge in [0.15, 0.2) is 0 Å². The lowest BCUT2D eigenvalue weighted by Crippen LogP contribution is -1.99. The molecule has 4 rings (SSSR count). The van der Waals surface area contributed by atoms with Gasteiger partial charge in [-0.1, -0.05) is 18.2 Å². The monoisotopic (exact) mass is 247 g/mol. The van der Waals surface area contributed by atoms with E-state index < -0.39 is 0 Å². The van der Waals surface area contributed by atoms with Crippen LogP contribution in [0.1, 0.15) is 16.7 Å². The number of hydrogen-bond acceptors (Lipinski definition) is 4. The molecule has 0 aromatic heterocycles. The van der Waals surface area contributed by atoms with Crippen molar-refractivity contribution in [2.45, 2.75) is 12.8 Å². The number of benzene rings is 2. The molecule has 0 saturated heterocycles. The van der Waals surface area contributed by atoms with E-state index >= 15 is 0 Å². The Balaban J connectivity index is 2.02. The molecule has 1 N–H and O–H groups in total. The molecule has 0 fully saturated rings. The van der Waals surface area contributed by atoms with Gasteiger partial charge in [-0.2, -0.15) is 0 Å². The fourth-order valence-electron chi connectivity index (χ4n) is 2.81. The van der Waals surface area contributed by atoms with Gasteiger partial charge >= 0.3 is 0 Å². The van der Waals surface area contributed by atoms with Gasteiger partial charge in [0.1, 0.15) is 0 Å². The van der Waals surface area contributed by atoms with Crippen LogP contribution in [0.2, 0.25) is 0 Å². The van der Waals surface area contributed by atoms with Crippen molar-refractivity contribution < 1.29 is 0 Å². The molecule has 0 atom stereocenters. The van der Waals surface area contributed by atoms with Gasteiger partial charge in [0, 0.05) is 11.8 Å². The lowest BCUT2D eigenvalue weighted by atomic mass is 9.97. The van der Waals surface area contributed by atoms with Crippen molar-refractivity contribution in [1.29, 1.82) is 0 Å². The summed E-state index contributed by atoms with van der Waals surface area (Å²) in [5.74, 6) is 0. The molecule has 0 saturated carbocycles. The molecule has 1 aliphatic carbocycles. The summed E-state index contributed by atoms with van der Waals surface area (Å²) in [6.45, 7) is 0. The van der Waals surface area contributed by atoms with Gasteiger partial charge in [-0.3, -0.25) is 5.43 Å². The summed E-state index contributed by atoms with van der Waals surface area (Å²) in [5.41, 5.74) is 7.38. The van der Waals surface area contributed by atoms with Crippen LogP contribution in [-0.4, -0.2) is 5.71 Å². The zero-order valence-corrected chi connectivity index (χ0v) is 10.2. The molecule has 1 heterocycles. The van der Waals surface area contributed by atoms with Crippen LogP contribution in [0.15, 0.2) is 52.1 Å². The highest BCUT2D eigenvalue weighted by Gasteiger charge is 2.17. The zero-order chi connectivity index (χ0) is 12.7. The van der Waals surface area contributed by atoms with E-state index in [1.807, 2.05) is 12.1 Å². The first kappa shape index (κ1) is 10.4. The van der Waals surface area contributed by atoms with E-state index in [0.717, 1.165) is 24.1 Å². The van der Waals surface area contributed by atoms with Gasteiger partial charge in [0.2, 0.25) is 0 Å². The van der Waals surface area contributed by atoms with E-state index in [0.29, 0.717) is 0 Å². The quantitative estimate of drug-likeness (QED) is 0.827. The van der Waals surface area contributed by atoms with Gasteiger partial charge in [0.05, 0.1) is 5.71 Å². The maximum absolute atomic E-state index is 4.14. The van der Waals surface area contributed by atoms with E-state index in [9.17, 15) is 0 Å². The Bertz CT molecular complexity index is 746. The molecule has 91 valence electrons. The molecule has 0 unspecified atom stereocenters. The van der Waals surface area contributed by atoms with Crippen molar-refractivity contribution in [2.75, 3.05) is 0 Å². The maximum Gasteiger partial charge on any atom is 0.0969 e. The lowest BCUT2D eigenvalue weighted by molar-refractivity contribution is 0.833. The summed E-state index contributed by atoms with van der Waals surface area (Å²) in [6, 6.07) is 11.7. The number of aryl methyl sites for hydroxylation is 2. The molecular weight excluding hydrogens is 236 g/mol. The van der Waals surface area contributed by atoms with Crippen molar-refractivity contribution in [3.63, 3.8) is 0 Å². The third kappa shape index (κ3) is 1.57. The lowest BCUT2D eigenvalue weighted by Gasteiger charge is -2.07. The molecular formula is C15H11N4. The molecule has 1 aliphatic heterocycles. The van der Waals surface area contributed by atoms with E-state index in [1.165, 1.54) is 21.9 Å². The molecule has 4 nitrogen and oxygen atoms in total. The third-order valence-electron chi connectivity index (χ3n) is 3.65. The van der Waals surface area contributed by atoms with Gasteiger partial charge in [0.25, 0.3) is 0 Å². The average Bonchev–Trinajstić information content (AvgIpc) is 2.70. The van der Waals surface area contributed by atoms with Crippen LogP contribution in [0.3, 0.4) is 0 Å². The Morgan fingerprint density at radius 3 is 3.05 bits per heavy atom. The van der Waals surface area contributed by atoms with Crippen molar-refractivity contribution in [2.24, 2.45) is 15.5 Å². The summed E-state index contributed by atoms with van der Waals surface area (Å²) < 4.78 is 0. The molecule has 1 radical (unpaired) electrons. The van der Waals surface area contributed by atoms with Crippen LogP contribution in [0, 0.1) is 6.07 Å². The molecule has 4 heteroatoms. The highest BCUT2D eigenvalue weighted by atomic mass is 15.5. The predicted octanol–water partition coefficient (Wildman–Crippen LogP) is 2.93. The standard InChI is InChI=1S/C15H11N4/c1-2-10-4-5-11-6-7-12(13(3-1)15(10)11)14-8-9-16-18-19-17-14/h2-3,6-9H,4-5H2,(H,16,19). The van der Waals surface area contributed by atoms with Crippen LogP contribution in [-0.2, 0) is 12.8 Å². The summed E-state index contributed by atoms with van der Waals surface area (Å²) in [4.78, 5) is 0. The second-order valence-electron chi connectivity index (χ2n) is 4.68. The van der Waals surface area contributed by atoms with E-state index in [-0.39, 0.29) is 0 Å². The van der Waals surface area contributed by atoms with Gasteiger partial charge in [-0.25, -0.2) is 0 Å². The second-order valence-corrected chi connectivity index (χ2v) is 4.68. The summed E-state index contributed by atoms with van der Waals surface area (Å²) in [6.07, 6.45) is 5.85. The Hall–Kier alpha value is -2.49. The maximum atomic E-state index is 4.14. The summed E-state index contributed by atoms with van der Waals surface area (Å²) in [7, 11) is 0. The minimum absolute atomic E-state index is 0.817. The molecule has 2 aliphatic rings. The van der Waals surface area contributed by atoms with Crippen LogP contribution >= 0.6 is 0 Å². The minimum Gasteiger partial charge on any atom is -0.266 e. The van der Waals surface area contributed by atoms with E-state index in [2.05, 4.69) is 45.2 Å². The fraction of sp³-hybridized carbons (Fsp3) is 0.133. The second kappa shape index (κ2) is 4.02. The predicted molar refractivity (Wildman–Crippen MR) is 73.9 cm³/mol.